The van der Waals surface area contributed by atoms with Gasteiger partial charge in [-0.25, -0.2) is 0 Å². The molecule has 1 N–H and O–H groups in total. The predicted molar refractivity (Wildman–Crippen MR) is 133 cm³/mol. The highest BCUT2D eigenvalue weighted by atomic mass is 32.1. The minimum atomic E-state index is -0.390. The van der Waals surface area contributed by atoms with E-state index in [-0.39, 0.29) is 22.7 Å². The summed E-state index contributed by atoms with van der Waals surface area (Å²) in [5.41, 5.74) is 3.39. The normalized spacial score (nSPS) is 17.4. The Labute approximate surface area is 201 Å². The summed E-state index contributed by atoms with van der Waals surface area (Å²) >= 11 is 5.78. The van der Waals surface area contributed by atoms with Crippen LogP contribution in [0, 0.1) is 10.1 Å². The summed E-state index contributed by atoms with van der Waals surface area (Å²) in [6.07, 6.45) is 3.66. The first kappa shape index (κ1) is 21.6. The summed E-state index contributed by atoms with van der Waals surface area (Å²) in [6.45, 7) is 0. The lowest BCUT2D eigenvalue weighted by atomic mass is 10.0. The number of benzene rings is 2. The van der Waals surface area contributed by atoms with Gasteiger partial charge in [-0.2, -0.15) is 0 Å². The van der Waals surface area contributed by atoms with Crippen LogP contribution >= 0.6 is 12.2 Å². The third-order valence-corrected chi connectivity index (χ3v) is 6.17. The van der Waals surface area contributed by atoms with Gasteiger partial charge in [0.2, 0.25) is 0 Å². The Morgan fingerprint density at radius 3 is 2.56 bits per heavy atom. The monoisotopic (exact) mass is 471 g/mol. The lowest BCUT2D eigenvalue weighted by molar-refractivity contribution is -0.384. The number of hydrogen-bond donors (Lipinski definition) is 1. The molecule has 1 saturated heterocycles. The van der Waals surface area contributed by atoms with Crippen molar-refractivity contribution in [3.8, 4) is 11.4 Å². The van der Waals surface area contributed by atoms with E-state index in [1.807, 2.05) is 71.4 Å². The molecule has 0 bridgehead atoms. The Morgan fingerprint density at radius 2 is 1.85 bits per heavy atom. The van der Waals surface area contributed by atoms with Gasteiger partial charge in [-0.05, 0) is 66.8 Å². The van der Waals surface area contributed by atoms with Gasteiger partial charge in [-0.3, -0.25) is 15.1 Å². The van der Waals surface area contributed by atoms with Crippen molar-refractivity contribution in [2.24, 2.45) is 0 Å². The summed E-state index contributed by atoms with van der Waals surface area (Å²) in [4.78, 5) is 17.6. The van der Waals surface area contributed by atoms with Gasteiger partial charge in [-0.15, -0.1) is 0 Å². The first-order valence-electron chi connectivity index (χ1n) is 10.6. The van der Waals surface area contributed by atoms with E-state index in [4.69, 9.17) is 17.0 Å². The Hall–Kier alpha value is -4.24. The van der Waals surface area contributed by atoms with Crippen molar-refractivity contribution in [2.75, 3.05) is 12.0 Å². The van der Waals surface area contributed by atoms with Crippen molar-refractivity contribution < 1.29 is 9.66 Å². The largest absolute Gasteiger partial charge is 0.497 e. The molecule has 2 atom stereocenters. The molecule has 0 amide bonds. The second kappa shape index (κ2) is 8.95. The zero-order valence-corrected chi connectivity index (χ0v) is 19.1. The third kappa shape index (κ3) is 3.86. The standard InChI is InChI=1S/C25H21N5O3S/c1-33-20-12-10-17(11-13-20)29-24(23(27-25(29)34)21-8-2-3-14-26-21)22-9-5-15-28(22)18-6-4-7-19(16-18)30(31)32/h2-16,23-24H,1H3,(H,27,34)/t23-,24+/m0/s1. The lowest BCUT2D eigenvalue weighted by Gasteiger charge is -2.29. The van der Waals surface area contributed by atoms with Gasteiger partial charge in [0.05, 0.1) is 29.5 Å². The molecule has 2 aromatic carbocycles. The number of anilines is 1. The Kier molecular flexibility index (Phi) is 5.69. The fourth-order valence-corrected chi connectivity index (χ4v) is 4.65. The number of nitrogens with one attached hydrogen (secondary N) is 1. The van der Waals surface area contributed by atoms with E-state index in [2.05, 4.69) is 15.2 Å². The molecule has 2 aromatic heterocycles. The molecular formula is C25H21N5O3S. The first-order chi connectivity index (χ1) is 16.6. The van der Waals surface area contributed by atoms with Crippen LogP contribution in [0.4, 0.5) is 11.4 Å². The van der Waals surface area contributed by atoms with E-state index in [0.29, 0.717) is 10.8 Å². The minimum Gasteiger partial charge on any atom is -0.497 e. The second-order valence-corrected chi connectivity index (χ2v) is 8.16. The molecule has 1 fully saturated rings. The van der Waals surface area contributed by atoms with E-state index in [1.54, 1.807) is 25.4 Å². The van der Waals surface area contributed by atoms with Gasteiger partial charge in [-0.1, -0.05) is 12.1 Å². The number of hydrogen-bond acceptors (Lipinski definition) is 5. The van der Waals surface area contributed by atoms with Gasteiger partial charge in [0.25, 0.3) is 5.69 Å². The number of nitro benzene ring substituents is 1. The number of rotatable bonds is 6. The van der Waals surface area contributed by atoms with Gasteiger partial charge in [0.15, 0.2) is 5.11 Å². The topological polar surface area (TPSA) is 85.5 Å². The number of nitrogens with zero attached hydrogens (tertiary/aromatic N) is 4. The summed E-state index contributed by atoms with van der Waals surface area (Å²) in [5.74, 6) is 0.750. The summed E-state index contributed by atoms with van der Waals surface area (Å²) in [7, 11) is 1.63. The fourth-order valence-electron chi connectivity index (χ4n) is 4.30. The maximum absolute atomic E-state index is 11.4. The molecule has 0 unspecified atom stereocenters. The Balaban J connectivity index is 1.65. The maximum atomic E-state index is 11.4. The molecule has 1 aliphatic heterocycles. The van der Waals surface area contributed by atoms with Crippen LogP contribution in [0.2, 0.25) is 0 Å². The number of ether oxygens (including phenoxy) is 1. The van der Waals surface area contributed by atoms with Crippen molar-refractivity contribution in [3.05, 3.63) is 113 Å². The third-order valence-electron chi connectivity index (χ3n) is 5.85. The van der Waals surface area contributed by atoms with Crippen LogP contribution in [-0.2, 0) is 0 Å². The number of pyridine rings is 1. The van der Waals surface area contributed by atoms with Crippen molar-refractivity contribution in [3.63, 3.8) is 0 Å². The van der Waals surface area contributed by atoms with E-state index >= 15 is 0 Å². The van der Waals surface area contributed by atoms with E-state index in [9.17, 15) is 10.1 Å². The summed E-state index contributed by atoms with van der Waals surface area (Å²) in [5, 5.41) is 15.4. The molecule has 0 aliphatic carbocycles. The van der Waals surface area contributed by atoms with Crippen LogP contribution < -0.4 is 15.0 Å². The van der Waals surface area contributed by atoms with Crippen LogP contribution in [0.3, 0.4) is 0 Å². The molecule has 34 heavy (non-hydrogen) atoms. The van der Waals surface area contributed by atoms with Crippen LogP contribution in [0.1, 0.15) is 23.5 Å². The molecule has 4 aromatic rings. The fraction of sp³-hybridized carbons (Fsp3) is 0.120. The van der Waals surface area contributed by atoms with Crippen molar-refractivity contribution >= 4 is 28.7 Å². The van der Waals surface area contributed by atoms with Crippen molar-refractivity contribution in [1.82, 2.24) is 14.9 Å². The quantitative estimate of drug-likeness (QED) is 0.241. The summed E-state index contributed by atoms with van der Waals surface area (Å²) in [6, 6.07) is 23.5. The van der Waals surface area contributed by atoms with Crippen LogP contribution in [0.5, 0.6) is 5.75 Å². The van der Waals surface area contributed by atoms with Crippen LogP contribution in [-0.4, -0.2) is 26.7 Å². The van der Waals surface area contributed by atoms with Gasteiger partial charge in [0.1, 0.15) is 11.8 Å². The lowest BCUT2D eigenvalue weighted by Crippen LogP contribution is -2.30. The smallest absolute Gasteiger partial charge is 0.271 e. The zero-order valence-electron chi connectivity index (χ0n) is 18.2. The molecule has 0 radical (unpaired) electrons. The van der Waals surface area contributed by atoms with Crippen molar-refractivity contribution in [2.45, 2.75) is 12.1 Å². The highest BCUT2D eigenvalue weighted by molar-refractivity contribution is 7.80. The number of non-ortho nitro benzene ring substituents is 1. The Morgan fingerprint density at radius 1 is 1.03 bits per heavy atom. The van der Waals surface area contributed by atoms with E-state index in [0.717, 1.165) is 22.8 Å². The highest BCUT2D eigenvalue weighted by Crippen LogP contribution is 2.42. The molecule has 1 aliphatic rings. The average molecular weight is 472 g/mol. The highest BCUT2D eigenvalue weighted by Gasteiger charge is 2.42. The zero-order chi connectivity index (χ0) is 23.7. The number of aromatic nitrogens is 2. The molecule has 9 heteroatoms. The first-order valence-corrected chi connectivity index (χ1v) is 11.0. The second-order valence-electron chi connectivity index (χ2n) is 7.77. The van der Waals surface area contributed by atoms with Crippen LogP contribution in [0.15, 0.2) is 91.3 Å². The number of methoxy groups -OCH3 is 1. The van der Waals surface area contributed by atoms with Crippen molar-refractivity contribution in [1.29, 1.82) is 0 Å². The molecular weight excluding hydrogens is 450 g/mol. The molecule has 5 rings (SSSR count). The SMILES string of the molecule is COc1ccc(N2C(=S)N[C@@H](c3ccccn3)[C@H]2c2cccn2-c2cccc([N+](=O)[O-])c2)cc1. The molecule has 8 nitrogen and oxygen atoms in total. The molecule has 0 spiro atoms. The van der Waals surface area contributed by atoms with Gasteiger partial charge >= 0.3 is 0 Å². The molecule has 0 saturated carbocycles. The van der Waals surface area contributed by atoms with E-state index < -0.39 is 0 Å². The van der Waals surface area contributed by atoms with Gasteiger partial charge in [0, 0.05) is 35.9 Å². The Bertz CT molecular complexity index is 1340. The number of thiocarbonyl (C=S) groups is 1. The summed E-state index contributed by atoms with van der Waals surface area (Å²) < 4.78 is 7.28. The average Bonchev–Trinajstić information content (AvgIpc) is 3.49. The number of nitro groups is 1. The molecule has 170 valence electrons. The minimum absolute atomic E-state index is 0.0329. The van der Waals surface area contributed by atoms with Gasteiger partial charge < -0.3 is 19.5 Å². The van der Waals surface area contributed by atoms with E-state index in [1.165, 1.54) is 6.07 Å². The maximum Gasteiger partial charge on any atom is 0.271 e. The van der Waals surface area contributed by atoms with Crippen LogP contribution in [0.25, 0.3) is 5.69 Å². The molecule has 3 heterocycles. The predicted octanol–water partition coefficient (Wildman–Crippen LogP) is 4.97.